The highest BCUT2D eigenvalue weighted by molar-refractivity contribution is 6.03. The molecule has 1 aromatic rings. The molecule has 0 aliphatic carbocycles. The fourth-order valence-electron chi connectivity index (χ4n) is 2.13. The molecule has 2 atom stereocenters. The number of benzene rings is 1. The van der Waals surface area contributed by atoms with Gasteiger partial charge in [0.1, 0.15) is 11.7 Å². The molecule has 2 rings (SSSR count). The largest absolute Gasteiger partial charge is 0.481 e. The van der Waals surface area contributed by atoms with Crippen LogP contribution in [0.5, 0.6) is 0 Å². The molecule has 1 aliphatic heterocycles. The Kier molecular flexibility index (Phi) is 5.32. The van der Waals surface area contributed by atoms with E-state index in [2.05, 4.69) is 10.6 Å². The van der Waals surface area contributed by atoms with Crippen molar-refractivity contribution in [2.45, 2.75) is 25.9 Å². The van der Waals surface area contributed by atoms with Gasteiger partial charge in [-0.05, 0) is 38.0 Å². The molecule has 0 saturated carbocycles. The smallest absolute Gasteiger partial charge is 0.315 e. The first kappa shape index (κ1) is 16.2. The van der Waals surface area contributed by atoms with Crippen molar-refractivity contribution < 1.29 is 23.8 Å². The minimum atomic E-state index is -1.23. The molecular weight excluding hydrogens is 291 g/mol. The van der Waals surface area contributed by atoms with Crippen molar-refractivity contribution in [3.05, 3.63) is 24.0 Å². The van der Waals surface area contributed by atoms with Crippen molar-refractivity contribution in [3.8, 4) is 0 Å². The summed E-state index contributed by atoms with van der Waals surface area (Å²) in [6.45, 7) is 2.53. The van der Waals surface area contributed by atoms with E-state index in [1.807, 2.05) is 0 Å². The summed E-state index contributed by atoms with van der Waals surface area (Å²) in [5.74, 6) is -3.63. The number of rotatable bonds is 6. The van der Waals surface area contributed by atoms with Gasteiger partial charge >= 0.3 is 5.97 Å². The lowest BCUT2D eigenvalue weighted by molar-refractivity contribution is -0.144. The summed E-state index contributed by atoms with van der Waals surface area (Å²) in [7, 11) is 0. The summed E-state index contributed by atoms with van der Waals surface area (Å²) < 4.78 is 19.4. The van der Waals surface area contributed by atoms with Gasteiger partial charge in [-0.1, -0.05) is 0 Å². The number of anilines is 2. The fourth-order valence-corrected chi connectivity index (χ4v) is 2.13. The molecule has 1 saturated heterocycles. The normalized spacial score (nSPS) is 18.7. The SMILES string of the molecule is CC(C(=O)O)C(=O)Nc1ccc(NCC2CCCO2)c(F)c1. The summed E-state index contributed by atoms with van der Waals surface area (Å²) in [6.07, 6.45) is 2.06. The van der Waals surface area contributed by atoms with Gasteiger partial charge in [0.05, 0.1) is 11.8 Å². The van der Waals surface area contributed by atoms with Gasteiger partial charge < -0.3 is 20.5 Å². The van der Waals surface area contributed by atoms with Crippen molar-refractivity contribution in [3.63, 3.8) is 0 Å². The highest BCUT2D eigenvalue weighted by atomic mass is 19.1. The molecule has 22 heavy (non-hydrogen) atoms. The van der Waals surface area contributed by atoms with Crippen molar-refractivity contribution in [2.24, 2.45) is 5.92 Å². The Morgan fingerprint density at radius 1 is 1.50 bits per heavy atom. The average molecular weight is 310 g/mol. The van der Waals surface area contributed by atoms with Crippen molar-refractivity contribution >= 4 is 23.3 Å². The van der Waals surface area contributed by atoms with E-state index in [9.17, 15) is 14.0 Å². The third-order valence-electron chi connectivity index (χ3n) is 3.54. The first-order valence-electron chi connectivity index (χ1n) is 7.16. The second-order valence-corrected chi connectivity index (χ2v) is 5.26. The van der Waals surface area contributed by atoms with E-state index in [1.165, 1.54) is 19.1 Å². The maximum absolute atomic E-state index is 14.0. The molecule has 0 radical (unpaired) electrons. The Bertz CT molecular complexity index is 558. The number of nitrogens with one attached hydrogen (secondary N) is 2. The number of aliphatic carboxylic acids is 1. The van der Waals surface area contributed by atoms with Gasteiger partial charge in [-0.3, -0.25) is 9.59 Å². The maximum Gasteiger partial charge on any atom is 0.315 e. The second-order valence-electron chi connectivity index (χ2n) is 5.26. The van der Waals surface area contributed by atoms with Gasteiger partial charge in [-0.2, -0.15) is 0 Å². The molecule has 120 valence electrons. The molecule has 0 spiro atoms. The number of halogens is 1. The number of carboxylic acids is 1. The average Bonchev–Trinajstić information content (AvgIpc) is 2.98. The van der Waals surface area contributed by atoms with Crippen LogP contribution >= 0.6 is 0 Å². The quantitative estimate of drug-likeness (QED) is 0.700. The Morgan fingerprint density at radius 3 is 2.86 bits per heavy atom. The molecule has 0 aromatic heterocycles. The van der Waals surface area contributed by atoms with Crippen LogP contribution in [-0.2, 0) is 14.3 Å². The van der Waals surface area contributed by atoms with Crippen LogP contribution in [0.3, 0.4) is 0 Å². The standard InChI is InChI=1S/C15H19FN2O4/c1-9(15(20)21)14(19)18-10-4-5-13(12(16)7-10)17-8-11-3-2-6-22-11/h4-5,7,9,11,17H,2-3,6,8H2,1H3,(H,18,19)(H,20,21). The molecule has 6 nitrogen and oxygen atoms in total. The maximum atomic E-state index is 14.0. The van der Waals surface area contributed by atoms with Crippen LogP contribution in [0.25, 0.3) is 0 Å². The Hall–Kier alpha value is -2.15. The summed E-state index contributed by atoms with van der Waals surface area (Å²) in [5, 5.41) is 14.1. The second kappa shape index (κ2) is 7.22. The van der Waals surface area contributed by atoms with E-state index in [0.29, 0.717) is 12.2 Å². The summed E-state index contributed by atoms with van der Waals surface area (Å²) in [5.41, 5.74) is 0.540. The number of hydrogen-bond acceptors (Lipinski definition) is 4. The predicted octanol–water partition coefficient (Wildman–Crippen LogP) is 2.08. The summed E-state index contributed by atoms with van der Waals surface area (Å²) in [4.78, 5) is 22.3. The molecule has 1 amide bonds. The molecular formula is C15H19FN2O4. The number of amides is 1. The molecule has 3 N–H and O–H groups in total. The van der Waals surface area contributed by atoms with Gasteiger partial charge in [0.15, 0.2) is 0 Å². The van der Waals surface area contributed by atoms with Crippen LogP contribution in [0.2, 0.25) is 0 Å². The molecule has 1 aliphatic rings. The van der Waals surface area contributed by atoms with Gasteiger partial charge in [-0.15, -0.1) is 0 Å². The van der Waals surface area contributed by atoms with E-state index in [0.717, 1.165) is 25.5 Å². The number of ether oxygens (including phenoxy) is 1. The lowest BCUT2D eigenvalue weighted by Gasteiger charge is -2.14. The van der Waals surface area contributed by atoms with E-state index in [-0.39, 0.29) is 11.8 Å². The van der Waals surface area contributed by atoms with E-state index in [4.69, 9.17) is 9.84 Å². The van der Waals surface area contributed by atoms with Gasteiger partial charge in [0, 0.05) is 18.8 Å². The van der Waals surface area contributed by atoms with E-state index in [1.54, 1.807) is 0 Å². The Morgan fingerprint density at radius 2 is 2.27 bits per heavy atom. The predicted molar refractivity (Wildman–Crippen MR) is 79.3 cm³/mol. The Labute approximate surface area is 127 Å². The molecule has 0 bridgehead atoms. The van der Waals surface area contributed by atoms with Crippen molar-refractivity contribution in [1.82, 2.24) is 0 Å². The van der Waals surface area contributed by atoms with Crippen molar-refractivity contribution in [1.29, 1.82) is 0 Å². The number of carbonyl (C=O) groups excluding carboxylic acids is 1. The summed E-state index contributed by atoms with van der Waals surface area (Å²) >= 11 is 0. The first-order valence-corrected chi connectivity index (χ1v) is 7.16. The Balaban J connectivity index is 1.93. The zero-order chi connectivity index (χ0) is 16.1. The lowest BCUT2D eigenvalue weighted by Crippen LogP contribution is -2.27. The van der Waals surface area contributed by atoms with Crippen LogP contribution in [0, 0.1) is 11.7 Å². The first-order chi connectivity index (χ1) is 10.5. The zero-order valence-corrected chi connectivity index (χ0v) is 12.3. The highest BCUT2D eigenvalue weighted by Gasteiger charge is 2.21. The summed E-state index contributed by atoms with van der Waals surface area (Å²) in [6, 6.07) is 4.18. The van der Waals surface area contributed by atoms with Crippen LogP contribution in [-0.4, -0.2) is 36.2 Å². The number of carboxylic acid groups (broad SMARTS) is 1. The molecule has 1 aromatic carbocycles. The van der Waals surface area contributed by atoms with E-state index >= 15 is 0 Å². The molecule has 1 heterocycles. The lowest BCUT2D eigenvalue weighted by atomic mass is 10.1. The third kappa shape index (κ3) is 4.17. The third-order valence-corrected chi connectivity index (χ3v) is 3.54. The molecule has 1 fully saturated rings. The van der Waals surface area contributed by atoms with Crippen LogP contribution in [0.1, 0.15) is 19.8 Å². The number of carbonyl (C=O) groups is 2. The molecule has 2 unspecified atom stereocenters. The minimum Gasteiger partial charge on any atom is -0.481 e. The van der Waals surface area contributed by atoms with Gasteiger partial charge in [0.2, 0.25) is 5.91 Å². The van der Waals surface area contributed by atoms with Crippen LogP contribution < -0.4 is 10.6 Å². The molecule has 7 heteroatoms. The number of hydrogen-bond donors (Lipinski definition) is 3. The van der Waals surface area contributed by atoms with Gasteiger partial charge in [0.25, 0.3) is 0 Å². The monoisotopic (exact) mass is 310 g/mol. The topological polar surface area (TPSA) is 87.7 Å². The van der Waals surface area contributed by atoms with Crippen LogP contribution in [0.4, 0.5) is 15.8 Å². The van der Waals surface area contributed by atoms with E-state index < -0.39 is 23.6 Å². The fraction of sp³-hybridized carbons (Fsp3) is 0.467. The van der Waals surface area contributed by atoms with Gasteiger partial charge in [-0.25, -0.2) is 4.39 Å². The van der Waals surface area contributed by atoms with Crippen molar-refractivity contribution in [2.75, 3.05) is 23.8 Å². The minimum absolute atomic E-state index is 0.0928. The highest BCUT2D eigenvalue weighted by Crippen LogP contribution is 2.21. The van der Waals surface area contributed by atoms with Crippen LogP contribution in [0.15, 0.2) is 18.2 Å². The zero-order valence-electron chi connectivity index (χ0n) is 12.3.